The number of benzene rings is 1. The lowest BCUT2D eigenvalue weighted by Gasteiger charge is -2.40. The number of piperidine rings is 1. The number of nitrogens with zero attached hydrogens (tertiary/aromatic N) is 4. The summed E-state index contributed by atoms with van der Waals surface area (Å²) in [5, 5.41) is 4.32. The highest BCUT2D eigenvalue weighted by Crippen LogP contribution is 2.42. The van der Waals surface area contributed by atoms with Gasteiger partial charge in [-0.1, -0.05) is 11.6 Å². The molecule has 0 bridgehead atoms. The monoisotopic (exact) mass is 542 g/mol. The third kappa shape index (κ3) is 4.81. The number of rotatable bonds is 6. The number of fused-ring (bicyclic) bond motifs is 2. The summed E-state index contributed by atoms with van der Waals surface area (Å²) in [5.74, 6) is 1.55. The predicted octanol–water partition coefficient (Wildman–Crippen LogP) is 3.46. The molecule has 2 aromatic heterocycles. The van der Waals surface area contributed by atoms with Gasteiger partial charge in [-0.05, 0) is 31.9 Å². The first kappa shape index (κ1) is 25.0. The van der Waals surface area contributed by atoms with Gasteiger partial charge in [0.05, 0.1) is 41.5 Å². The Bertz CT molecular complexity index is 1320. The molecule has 0 aliphatic carbocycles. The fraction of sp³-hybridized carbons (Fsp3) is 0.500. The molecule has 2 fully saturated rings. The number of aromatic nitrogens is 3. The minimum absolute atomic E-state index is 0.0453. The van der Waals surface area contributed by atoms with Crippen LogP contribution in [-0.2, 0) is 4.74 Å². The minimum atomic E-state index is -0.0453. The smallest absolute Gasteiger partial charge is 0.257 e. The number of carbonyl (C=O) groups excluding carboxylic acids is 1. The Morgan fingerprint density at radius 3 is 2.63 bits per heavy atom. The van der Waals surface area contributed by atoms with E-state index in [1.807, 2.05) is 11.8 Å². The largest absolute Gasteiger partial charge is 0.485 e. The second-order valence-electron chi connectivity index (χ2n) is 9.46. The first-order valence-electron chi connectivity index (χ1n) is 13.1. The number of anilines is 2. The van der Waals surface area contributed by atoms with Crippen LogP contribution in [0.3, 0.4) is 0 Å². The van der Waals surface area contributed by atoms with Crippen LogP contribution >= 0.6 is 11.6 Å². The molecule has 0 spiro atoms. The van der Waals surface area contributed by atoms with Crippen molar-refractivity contribution in [3.63, 3.8) is 0 Å². The van der Waals surface area contributed by atoms with Crippen molar-refractivity contribution in [2.45, 2.75) is 25.8 Å². The van der Waals surface area contributed by atoms with E-state index in [1.165, 1.54) is 0 Å². The lowest BCUT2D eigenvalue weighted by molar-refractivity contribution is 0.00152. The Hall–Kier alpha value is -3.28. The third-order valence-electron chi connectivity index (χ3n) is 7.21. The summed E-state index contributed by atoms with van der Waals surface area (Å²) in [5.41, 5.74) is 1.65. The topological polar surface area (TPSA) is 114 Å². The van der Waals surface area contributed by atoms with Crippen LogP contribution in [0.15, 0.2) is 18.3 Å². The highest BCUT2D eigenvalue weighted by molar-refractivity contribution is 6.35. The molecule has 6 rings (SSSR count). The third-order valence-corrected chi connectivity index (χ3v) is 7.51. The van der Waals surface area contributed by atoms with E-state index in [4.69, 9.17) is 30.5 Å². The molecule has 2 N–H and O–H groups in total. The summed E-state index contributed by atoms with van der Waals surface area (Å²) in [6.07, 6.45) is 3.56. The first-order chi connectivity index (χ1) is 18.6. The number of morpholine rings is 1. The molecule has 2 saturated heterocycles. The van der Waals surface area contributed by atoms with Crippen LogP contribution in [0.4, 0.5) is 11.6 Å². The van der Waals surface area contributed by atoms with E-state index in [9.17, 15) is 4.79 Å². The molecule has 5 heterocycles. The highest BCUT2D eigenvalue weighted by Gasteiger charge is 2.31. The molecule has 1 aromatic carbocycles. The summed E-state index contributed by atoms with van der Waals surface area (Å²) in [7, 11) is 0. The van der Waals surface area contributed by atoms with Crippen molar-refractivity contribution in [2.24, 2.45) is 0 Å². The van der Waals surface area contributed by atoms with E-state index >= 15 is 0 Å². The zero-order chi connectivity index (χ0) is 26.1. The number of aromatic amines is 1. The van der Waals surface area contributed by atoms with E-state index in [0.29, 0.717) is 89.6 Å². The van der Waals surface area contributed by atoms with E-state index in [0.717, 1.165) is 39.1 Å². The standard InChI is InChI=1S/C26H31ClN6O5/c1-2-36-24-20-18(27)15-28-23(20)30-26(31-24)29-19-4-3-17(21-22(19)38-14-13-37-21)25(34)33-7-5-16(6-8-33)32-9-11-35-12-10-32/h3-4,15-16H,2,5-14H2,1H3,(H2,28,29,30,31). The van der Waals surface area contributed by atoms with Gasteiger partial charge < -0.3 is 34.1 Å². The highest BCUT2D eigenvalue weighted by atomic mass is 35.5. The van der Waals surface area contributed by atoms with Crippen LogP contribution in [0.2, 0.25) is 5.02 Å². The molecule has 3 aromatic rings. The van der Waals surface area contributed by atoms with Crippen LogP contribution in [0, 0.1) is 0 Å². The van der Waals surface area contributed by atoms with E-state index in [2.05, 4.69) is 25.2 Å². The van der Waals surface area contributed by atoms with Crippen molar-refractivity contribution in [1.29, 1.82) is 0 Å². The second-order valence-corrected chi connectivity index (χ2v) is 9.87. The summed E-state index contributed by atoms with van der Waals surface area (Å²) < 4.78 is 23.1. The Balaban J connectivity index is 1.22. The number of likely N-dealkylation sites (tertiary alicyclic amines) is 1. The van der Waals surface area contributed by atoms with Gasteiger partial charge in [0.1, 0.15) is 18.9 Å². The molecule has 0 radical (unpaired) electrons. The first-order valence-corrected chi connectivity index (χ1v) is 13.5. The maximum atomic E-state index is 13.6. The Labute approximate surface area is 225 Å². The summed E-state index contributed by atoms with van der Waals surface area (Å²) in [6, 6.07) is 4.08. The lowest BCUT2D eigenvalue weighted by Crippen LogP contribution is -2.50. The Morgan fingerprint density at radius 2 is 1.87 bits per heavy atom. The lowest BCUT2D eigenvalue weighted by atomic mass is 10.0. The van der Waals surface area contributed by atoms with Gasteiger partial charge in [-0.25, -0.2) is 0 Å². The average Bonchev–Trinajstić information content (AvgIpc) is 3.34. The van der Waals surface area contributed by atoms with E-state index < -0.39 is 0 Å². The van der Waals surface area contributed by atoms with Gasteiger partial charge in [-0.2, -0.15) is 9.97 Å². The van der Waals surface area contributed by atoms with Crippen LogP contribution < -0.4 is 19.5 Å². The molecular formula is C26H31ClN6O5. The van der Waals surface area contributed by atoms with Gasteiger partial charge in [-0.15, -0.1) is 0 Å². The molecule has 38 heavy (non-hydrogen) atoms. The number of ether oxygens (including phenoxy) is 4. The Morgan fingerprint density at radius 1 is 1.11 bits per heavy atom. The van der Waals surface area contributed by atoms with Crippen LogP contribution in [0.5, 0.6) is 17.4 Å². The number of halogens is 1. The molecule has 3 aliphatic heterocycles. The number of hydrogen-bond donors (Lipinski definition) is 2. The van der Waals surface area contributed by atoms with Gasteiger partial charge in [0.15, 0.2) is 11.5 Å². The van der Waals surface area contributed by atoms with E-state index in [-0.39, 0.29) is 5.91 Å². The maximum Gasteiger partial charge on any atom is 0.257 e. The van der Waals surface area contributed by atoms with Crippen molar-refractivity contribution in [3.05, 3.63) is 28.9 Å². The SMILES string of the molecule is CCOc1nc(Nc2ccc(C(=O)N3CCC(N4CCOCC4)CC3)c3c2OCCO3)nc2[nH]cc(Cl)c12. The molecule has 202 valence electrons. The van der Waals surface area contributed by atoms with Crippen molar-refractivity contribution in [2.75, 3.05) is 64.5 Å². The van der Waals surface area contributed by atoms with Crippen molar-refractivity contribution < 1.29 is 23.7 Å². The van der Waals surface area contributed by atoms with Gasteiger partial charge in [-0.3, -0.25) is 9.69 Å². The number of carbonyl (C=O) groups is 1. The molecule has 0 saturated carbocycles. The van der Waals surface area contributed by atoms with Gasteiger partial charge in [0.2, 0.25) is 11.8 Å². The molecule has 11 nitrogen and oxygen atoms in total. The zero-order valence-corrected chi connectivity index (χ0v) is 22.1. The van der Waals surface area contributed by atoms with E-state index in [1.54, 1.807) is 18.3 Å². The second kappa shape index (κ2) is 10.8. The van der Waals surface area contributed by atoms with Crippen molar-refractivity contribution in [1.82, 2.24) is 24.8 Å². The van der Waals surface area contributed by atoms with Crippen LogP contribution in [0.1, 0.15) is 30.1 Å². The molecule has 3 aliphatic rings. The summed E-state index contributed by atoms with van der Waals surface area (Å²) >= 11 is 6.29. The van der Waals surface area contributed by atoms with Crippen LogP contribution in [-0.4, -0.2) is 95.9 Å². The number of H-pyrrole nitrogens is 1. The molecule has 12 heteroatoms. The molecular weight excluding hydrogens is 512 g/mol. The maximum absolute atomic E-state index is 13.6. The number of amides is 1. The molecule has 0 unspecified atom stereocenters. The van der Waals surface area contributed by atoms with Crippen molar-refractivity contribution in [3.8, 4) is 17.4 Å². The Kier molecular flexibility index (Phi) is 7.14. The zero-order valence-electron chi connectivity index (χ0n) is 21.3. The van der Waals surface area contributed by atoms with Gasteiger partial charge in [0, 0.05) is 38.4 Å². The molecule has 1 amide bonds. The van der Waals surface area contributed by atoms with Gasteiger partial charge in [0.25, 0.3) is 5.91 Å². The predicted molar refractivity (Wildman–Crippen MR) is 142 cm³/mol. The summed E-state index contributed by atoms with van der Waals surface area (Å²) in [4.78, 5) is 30.1. The normalized spacial score (nSPS) is 18.5. The number of hydrogen-bond acceptors (Lipinski definition) is 9. The fourth-order valence-corrected chi connectivity index (χ4v) is 5.56. The summed E-state index contributed by atoms with van der Waals surface area (Å²) in [6.45, 7) is 7.97. The molecule has 0 atom stereocenters. The van der Waals surface area contributed by atoms with Crippen molar-refractivity contribution >= 4 is 40.2 Å². The number of nitrogens with one attached hydrogen (secondary N) is 2. The fourth-order valence-electron chi connectivity index (χ4n) is 5.33. The average molecular weight is 543 g/mol. The quantitative estimate of drug-likeness (QED) is 0.483. The van der Waals surface area contributed by atoms with Crippen LogP contribution in [0.25, 0.3) is 11.0 Å². The minimum Gasteiger partial charge on any atom is -0.485 e. The van der Waals surface area contributed by atoms with Gasteiger partial charge >= 0.3 is 0 Å².